The Morgan fingerprint density at radius 1 is 0.824 bits per heavy atom. The van der Waals surface area contributed by atoms with Gasteiger partial charge in [-0.05, 0) is 17.7 Å². The molecule has 0 saturated carbocycles. The lowest BCUT2D eigenvalue weighted by atomic mass is 10.2. The van der Waals surface area contributed by atoms with Crippen LogP contribution in [0.5, 0.6) is 11.5 Å². The number of benzene rings is 2. The fourth-order valence-electron chi connectivity index (χ4n) is 1.66. The molecule has 2 nitrogen and oxygen atoms in total. The van der Waals surface area contributed by atoms with E-state index >= 15 is 0 Å². The van der Waals surface area contributed by atoms with Gasteiger partial charge in [0.2, 0.25) is 10.5 Å². The van der Waals surface area contributed by atoms with Gasteiger partial charge < -0.3 is 9.16 Å². The quantitative estimate of drug-likeness (QED) is 0.749. The molecule has 0 atom stereocenters. The van der Waals surface area contributed by atoms with Crippen LogP contribution in [-0.2, 0) is 6.42 Å². The van der Waals surface area contributed by atoms with E-state index in [4.69, 9.17) is 9.16 Å². The van der Waals surface area contributed by atoms with Gasteiger partial charge in [-0.3, -0.25) is 0 Å². The summed E-state index contributed by atoms with van der Waals surface area (Å²) in [7, 11) is 0.680. The Morgan fingerprint density at radius 3 is 2.18 bits per heavy atom. The van der Waals surface area contributed by atoms with Crippen LogP contribution in [0.2, 0.25) is 0 Å². The Bertz CT molecular complexity index is 457. The van der Waals surface area contributed by atoms with Gasteiger partial charge in [-0.2, -0.15) is 0 Å². The average molecular weight is 244 g/mol. The molecular formula is C14H16O2Si. The van der Waals surface area contributed by atoms with Crippen LogP contribution in [0.3, 0.4) is 0 Å². The molecule has 88 valence electrons. The Morgan fingerprint density at radius 2 is 1.47 bits per heavy atom. The summed E-state index contributed by atoms with van der Waals surface area (Å²) in [6.07, 6.45) is 0.913. The largest absolute Gasteiger partial charge is 0.551 e. The Labute approximate surface area is 105 Å². The van der Waals surface area contributed by atoms with E-state index < -0.39 is 0 Å². The molecule has 17 heavy (non-hydrogen) atoms. The highest BCUT2D eigenvalue weighted by atomic mass is 28.2. The van der Waals surface area contributed by atoms with Crippen LogP contribution in [0.1, 0.15) is 5.56 Å². The second-order valence-electron chi connectivity index (χ2n) is 3.73. The molecule has 0 aliphatic carbocycles. The molecule has 0 radical (unpaired) electrons. The van der Waals surface area contributed by atoms with Gasteiger partial charge in [0.05, 0.1) is 6.61 Å². The maximum Gasteiger partial charge on any atom is 0.204 e. The fraction of sp³-hybridized carbons (Fsp3) is 0.143. The minimum atomic E-state index is 0.673. The Hall–Kier alpha value is -1.74. The number of hydrogen-bond donors (Lipinski definition) is 0. The van der Waals surface area contributed by atoms with Crippen molar-refractivity contribution in [3.05, 3.63) is 60.2 Å². The van der Waals surface area contributed by atoms with E-state index in [0.717, 1.165) is 17.9 Å². The molecule has 0 aliphatic rings. The minimum Gasteiger partial charge on any atom is -0.551 e. The first-order valence-corrected chi connectivity index (χ1v) is 6.51. The second kappa shape index (κ2) is 6.11. The van der Waals surface area contributed by atoms with Crippen LogP contribution in [0.15, 0.2) is 54.6 Å². The zero-order valence-corrected chi connectivity index (χ0v) is 11.9. The summed E-state index contributed by atoms with van der Waals surface area (Å²) in [6.45, 7) is 0.673. The van der Waals surface area contributed by atoms with Crippen LogP contribution in [-0.4, -0.2) is 17.1 Å². The third-order valence-corrected chi connectivity index (χ3v) is 3.00. The monoisotopic (exact) mass is 244 g/mol. The van der Waals surface area contributed by atoms with Crippen molar-refractivity contribution in [3.63, 3.8) is 0 Å². The van der Waals surface area contributed by atoms with Crippen molar-refractivity contribution in [2.24, 2.45) is 0 Å². The molecule has 0 heterocycles. The Kier molecular flexibility index (Phi) is 4.21. The van der Waals surface area contributed by atoms with Gasteiger partial charge >= 0.3 is 0 Å². The van der Waals surface area contributed by atoms with Gasteiger partial charge in [0.1, 0.15) is 5.75 Å². The molecule has 0 unspecified atom stereocenters. The normalized spacial score (nSPS) is 10.1. The molecule has 0 N–H and O–H groups in total. The average Bonchev–Trinajstić information content (AvgIpc) is 2.40. The van der Waals surface area contributed by atoms with Crippen molar-refractivity contribution >= 4 is 10.5 Å². The standard InChI is InChI=1S/C14H16O2Si/c17-16-14-9-5-4-8-13(14)15-11-10-12-6-2-1-3-7-12/h1-9H,10-11H2,17H3. The van der Waals surface area contributed by atoms with Crippen molar-refractivity contribution < 1.29 is 9.16 Å². The fourth-order valence-corrected chi connectivity index (χ4v) is 2.00. The summed E-state index contributed by atoms with van der Waals surface area (Å²) in [6, 6.07) is 18.1. The van der Waals surface area contributed by atoms with Crippen LogP contribution in [0.4, 0.5) is 0 Å². The molecule has 0 spiro atoms. The third kappa shape index (κ3) is 3.36. The lowest BCUT2D eigenvalue weighted by molar-refractivity contribution is 0.312. The zero-order valence-electron chi connectivity index (χ0n) is 9.93. The van der Waals surface area contributed by atoms with Crippen molar-refractivity contribution in [2.75, 3.05) is 6.61 Å². The van der Waals surface area contributed by atoms with E-state index in [9.17, 15) is 0 Å². The number of ether oxygens (including phenoxy) is 1. The molecule has 0 saturated heterocycles. The first-order chi connectivity index (χ1) is 8.40. The zero-order chi connectivity index (χ0) is 11.9. The molecule has 0 amide bonds. The minimum absolute atomic E-state index is 0.673. The predicted octanol–water partition coefficient (Wildman–Crippen LogP) is 1.97. The van der Waals surface area contributed by atoms with E-state index in [1.165, 1.54) is 5.56 Å². The predicted molar refractivity (Wildman–Crippen MR) is 72.7 cm³/mol. The van der Waals surface area contributed by atoms with E-state index in [1.807, 2.05) is 42.5 Å². The molecule has 0 fully saturated rings. The number of para-hydroxylation sites is 2. The van der Waals surface area contributed by atoms with Crippen LogP contribution < -0.4 is 9.16 Å². The van der Waals surface area contributed by atoms with Gasteiger partial charge in [0.25, 0.3) is 0 Å². The molecule has 0 aromatic heterocycles. The molecule has 2 aromatic carbocycles. The first kappa shape index (κ1) is 11.7. The second-order valence-corrected chi connectivity index (χ2v) is 4.14. The molecular weight excluding hydrogens is 228 g/mol. The van der Waals surface area contributed by atoms with Crippen molar-refractivity contribution in [2.45, 2.75) is 6.42 Å². The summed E-state index contributed by atoms with van der Waals surface area (Å²) >= 11 is 0. The summed E-state index contributed by atoms with van der Waals surface area (Å²) < 4.78 is 11.1. The van der Waals surface area contributed by atoms with Gasteiger partial charge in [0.15, 0.2) is 5.75 Å². The third-order valence-electron chi connectivity index (χ3n) is 2.56. The Balaban J connectivity index is 1.90. The summed E-state index contributed by atoms with van der Waals surface area (Å²) in [5, 5.41) is 0. The highest BCUT2D eigenvalue weighted by Gasteiger charge is 2.01. The van der Waals surface area contributed by atoms with Crippen molar-refractivity contribution in [1.82, 2.24) is 0 Å². The topological polar surface area (TPSA) is 18.5 Å². The van der Waals surface area contributed by atoms with Crippen LogP contribution >= 0.6 is 0 Å². The molecule has 3 heteroatoms. The van der Waals surface area contributed by atoms with Crippen LogP contribution in [0, 0.1) is 0 Å². The first-order valence-electron chi connectivity index (χ1n) is 5.70. The van der Waals surface area contributed by atoms with E-state index in [-0.39, 0.29) is 0 Å². The van der Waals surface area contributed by atoms with Gasteiger partial charge in [0, 0.05) is 6.42 Å². The summed E-state index contributed by atoms with van der Waals surface area (Å²) in [4.78, 5) is 0. The highest BCUT2D eigenvalue weighted by Crippen LogP contribution is 2.25. The summed E-state index contributed by atoms with van der Waals surface area (Å²) in [5.74, 6) is 1.67. The van der Waals surface area contributed by atoms with E-state index in [0.29, 0.717) is 17.1 Å². The lowest BCUT2D eigenvalue weighted by Gasteiger charge is -2.10. The maximum absolute atomic E-state index is 5.73. The molecule has 2 aromatic rings. The lowest BCUT2D eigenvalue weighted by Crippen LogP contribution is -2.02. The van der Waals surface area contributed by atoms with E-state index in [1.54, 1.807) is 0 Å². The molecule has 2 rings (SSSR count). The van der Waals surface area contributed by atoms with Gasteiger partial charge in [-0.1, -0.05) is 42.5 Å². The highest BCUT2D eigenvalue weighted by molar-refractivity contribution is 6.00. The van der Waals surface area contributed by atoms with Gasteiger partial charge in [-0.25, -0.2) is 0 Å². The SMILES string of the molecule is [SiH3]Oc1ccccc1OCCc1ccccc1. The summed E-state index contributed by atoms with van der Waals surface area (Å²) in [5.41, 5.74) is 1.29. The number of rotatable bonds is 5. The van der Waals surface area contributed by atoms with Gasteiger partial charge in [-0.15, -0.1) is 0 Å². The van der Waals surface area contributed by atoms with Crippen molar-refractivity contribution in [1.29, 1.82) is 0 Å². The molecule has 0 aliphatic heterocycles. The smallest absolute Gasteiger partial charge is 0.204 e. The van der Waals surface area contributed by atoms with Crippen molar-refractivity contribution in [3.8, 4) is 11.5 Å². The van der Waals surface area contributed by atoms with E-state index in [2.05, 4.69) is 12.1 Å². The van der Waals surface area contributed by atoms with Crippen LogP contribution in [0.25, 0.3) is 0 Å². The molecule has 0 bridgehead atoms. The number of hydrogen-bond acceptors (Lipinski definition) is 2. The maximum atomic E-state index is 5.73.